The largest absolute Gasteiger partial charge is 0.478 e. The van der Waals surface area contributed by atoms with E-state index in [0.717, 1.165) is 25.7 Å². The minimum absolute atomic E-state index is 0.454. The fourth-order valence-electron chi connectivity index (χ4n) is 2.91. The van der Waals surface area contributed by atoms with Gasteiger partial charge < -0.3 is 9.47 Å². The van der Waals surface area contributed by atoms with Crippen molar-refractivity contribution in [3.63, 3.8) is 0 Å². The van der Waals surface area contributed by atoms with Crippen LogP contribution in [0.3, 0.4) is 0 Å². The van der Waals surface area contributed by atoms with Crippen LogP contribution in [0, 0.1) is 0 Å². The zero-order valence-electron chi connectivity index (χ0n) is 17.5. The molecule has 0 aliphatic rings. The lowest BCUT2D eigenvalue weighted by atomic mass is 10.1. The fraction of sp³-hybridized carbons (Fsp3) is 0.773. The Bertz CT molecular complexity index is 485. The molecule has 0 spiro atoms. The Morgan fingerprint density at radius 1 is 0.679 bits per heavy atom. The third-order valence-electron chi connectivity index (χ3n) is 4.60. The molecule has 0 aromatic carbocycles. The number of hydrogen-bond acceptors (Lipinski definition) is 3. The van der Waals surface area contributed by atoms with E-state index in [1.54, 1.807) is 12.1 Å². The topological polar surface area (TPSA) is 31.4 Å². The molecule has 0 saturated carbocycles. The molecule has 162 valence electrons. The van der Waals surface area contributed by atoms with Gasteiger partial charge in [-0.3, -0.25) is 0 Å². The molecule has 0 bridgehead atoms. The van der Waals surface area contributed by atoms with Crippen LogP contribution in [-0.4, -0.2) is 18.2 Å². The molecule has 0 aliphatic heterocycles. The molecule has 0 radical (unpaired) electrons. The molecule has 28 heavy (non-hydrogen) atoms. The van der Waals surface area contributed by atoms with Crippen molar-refractivity contribution in [2.75, 3.05) is 13.2 Å². The van der Waals surface area contributed by atoms with Gasteiger partial charge in [0.05, 0.1) is 13.2 Å². The van der Waals surface area contributed by atoms with Crippen molar-refractivity contribution in [3.8, 4) is 11.8 Å². The minimum atomic E-state index is -1.53. The first-order valence-corrected chi connectivity index (χ1v) is 12.0. The third kappa shape index (κ3) is 12.2. The standard InChI is InChI=1S/C22H36Cl3NO2/c1-3-5-7-9-11-13-15-27-20-17-19(22(23,24)25)18-21(26-20)28-16-14-12-10-8-6-4-2/h17-18H,3-16H2,1-2H3. The van der Waals surface area contributed by atoms with Crippen LogP contribution < -0.4 is 9.47 Å². The maximum atomic E-state index is 6.06. The van der Waals surface area contributed by atoms with E-state index in [0.29, 0.717) is 30.5 Å². The second-order valence-electron chi connectivity index (χ2n) is 7.26. The van der Waals surface area contributed by atoms with Crippen molar-refractivity contribution < 1.29 is 9.47 Å². The highest BCUT2D eigenvalue weighted by molar-refractivity contribution is 6.66. The molecule has 0 N–H and O–H groups in total. The molecule has 3 nitrogen and oxygen atoms in total. The first kappa shape index (κ1) is 25.7. The molecule has 6 heteroatoms. The van der Waals surface area contributed by atoms with E-state index in [1.165, 1.54) is 51.4 Å². The predicted octanol–water partition coefficient (Wildman–Crippen LogP) is 8.39. The van der Waals surface area contributed by atoms with Crippen LogP contribution in [0.5, 0.6) is 11.8 Å². The van der Waals surface area contributed by atoms with Gasteiger partial charge in [0, 0.05) is 17.7 Å². The van der Waals surface area contributed by atoms with Crippen LogP contribution in [0.1, 0.15) is 96.5 Å². The molecule has 1 heterocycles. The van der Waals surface area contributed by atoms with Crippen LogP contribution in [0.4, 0.5) is 0 Å². The van der Waals surface area contributed by atoms with Crippen molar-refractivity contribution >= 4 is 34.8 Å². The average molecular weight is 453 g/mol. The molecule has 0 aliphatic carbocycles. The van der Waals surface area contributed by atoms with Crippen molar-refractivity contribution in [1.29, 1.82) is 0 Å². The van der Waals surface area contributed by atoms with E-state index in [1.807, 2.05) is 0 Å². The van der Waals surface area contributed by atoms with Gasteiger partial charge in [-0.25, -0.2) is 0 Å². The van der Waals surface area contributed by atoms with Crippen LogP contribution in [0.25, 0.3) is 0 Å². The molecule has 0 saturated heterocycles. The lowest BCUT2D eigenvalue weighted by Gasteiger charge is -2.15. The minimum Gasteiger partial charge on any atom is -0.478 e. The summed E-state index contributed by atoms with van der Waals surface area (Å²) in [4.78, 5) is 4.42. The van der Waals surface area contributed by atoms with Crippen molar-refractivity contribution in [2.45, 2.75) is 94.7 Å². The van der Waals surface area contributed by atoms with E-state index in [9.17, 15) is 0 Å². The Balaban J connectivity index is 2.47. The molecule has 0 fully saturated rings. The second kappa shape index (κ2) is 15.5. The molecular weight excluding hydrogens is 417 g/mol. The van der Waals surface area contributed by atoms with E-state index in [4.69, 9.17) is 44.3 Å². The highest BCUT2D eigenvalue weighted by Gasteiger charge is 2.25. The highest BCUT2D eigenvalue weighted by Crippen LogP contribution is 2.40. The van der Waals surface area contributed by atoms with Crippen LogP contribution in [-0.2, 0) is 3.79 Å². The van der Waals surface area contributed by atoms with Gasteiger partial charge in [0.1, 0.15) is 0 Å². The molecule has 0 amide bonds. The SMILES string of the molecule is CCCCCCCCOc1cc(C(Cl)(Cl)Cl)cc(OCCCCCCCC)n1. The summed E-state index contributed by atoms with van der Waals surface area (Å²) in [6, 6.07) is 3.36. The van der Waals surface area contributed by atoms with Gasteiger partial charge in [-0.1, -0.05) is 113 Å². The Labute approximate surface area is 186 Å². The van der Waals surface area contributed by atoms with Gasteiger partial charge in [0.25, 0.3) is 0 Å². The summed E-state index contributed by atoms with van der Waals surface area (Å²) >= 11 is 18.2. The zero-order valence-corrected chi connectivity index (χ0v) is 19.7. The smallest absolute Gasteiger partial charge is 0.216 e. The van der Waals surface area contributed by atoms with Gasteiger partial charge in [0.2, 0.25) is 15.6 Å². The summed E-state index contributed by atoms with van der Waals surface area (Å²) in [7, 11) is 0. The molecule has 0 atom stereocenters. The number of hydrogen-bond donors (Lipinski definition) is 0. The van der Waals surface area contributed by atoms with Crippen LogP contribution in [0.2, 0.25) is 0 Å². The zero-order chi connectivity index (χ0) is 20.7. The van der Waals surface area contributed by atoms with Crippen LogP contribution in [0.15, 0.2) is 12.1 Å². The van der Waals surface area contributed by atoms with E-state index in [-0.39, 0.29) is 0 Å². The van der Waals surface area contributed by atoms with E-state index < -0.39 is 3.79 Å². The summed E-state index contributed by atoms with van der Waals surface area (Å²) in [5.41, 5.74) is 0.517. The normalized spacial score (nSPS) is 11.6. The summed E-state index contributed by atoms with van der Waals surface area (Å²) in [5, 5.41) is 0. The lowest BCUT2D eigenvalue weighted by Crippen LogP contribution is -2.07. The van der Waals surface area contributed by atoms with Crippen molar-refractivity contribution in [2.24, 2.45) is 0 Å². The number of halogens is 3. The summed E-state index contributed by atoms with van der Waals surface area (Å²) in [6.45, 7) is 5.66. The second-order valence-corrected chi connectivity index (χ2v) is 9.54. The maximum Gasteiger partial charge on any atom is 0.216 e. The fourth-order valence-corrected chi connectivity index (χ4v) is 3.24. The van der Waals surface area contributed by atoms with Gasteiger partial charge in [-0.05, 0) is 12.8 Å². The van der Waals surface area contributed by atoms with Gasteiger partial charge in [-0.15, -0.1) is 0 Å². The first-order chi connectivity index (χ1) is 13.5. The Hall–Kier alpha value is -0.380. The van der Waals surface area contributed by atoms with E-state index in [2.05, 4.69) is 18.8 Å². The van der Waals surface area contributed by atoms with Crippen LogP contribution >= 0.6 is 34.8 Å². The number of unbranched alkanes of at least 4 members (excludes halogenated alkanes) is 10. The van der Waals surface area contributed by atoms with Gasteiger partial charge >= 0.3 is 0 Å². The summed E-state index contributed by atoms with van der Waals surface area (Å²) < 4.78 is 10.1. The van der Waals surface area contributed by atoms with Gasteiger partial charge in [-0.2, -0.15) is 4.98 Å². The van der Waals surface area contributed by atoms with E-state index >= 15 is 0 Å². The molecule has 1 aromatic heterocycles. The number of rotatable bonds is 16. The van der Waals surface area contributed by atoms with Crippen molar-refractivity contribution in [1.82, 2.24) is 4.98 Å². The first-order valence-electron chi connectivity index (χ1n) is 10.8. The highest BCUT2D eigenvalue weighted by atomic mass is 35.6. The number of pyridine rings is 1. The third-order valence-corrected chi connectivity index (χ3v) is 5.26. The molecular formula is C22H36Cl3NO2. The number of aromatic nitrogens is 1. The lowest BCUT2D eigenvalue weighted by molar-refractivity contribution is 0.269. The summed E-state index contributed by atoms with van der Waals surface area (Å²) in [5.74, 6) is 0.908. The number of alkyl halides is 3. The van der Waals surface area contributed by atoms with Crippen molar-refractivity contribution in [3.05, 3.63) is 17.7 Å². The summed E-state index contributed by atoms with van der Waals surface area (Å²) in [6.07, 6.45) is 14.5. The molecule has 0 unspecified atom stereocenters. The number of ether oxygens (including phenoxy) is 2. The monoisotopic (exact) mass is 451 g/mol. The Morgan fingerprint density at radius 2 is 1.07 bits per heavy atom. The molecule has 1 rings (SSSR count). The number of nitrogens with zero attached hydrogens (tertiary/aromatic N) is 1. The molecule has 1 aromatic rings. The Kier molecular flexibility index (Phi) is 14.2. The maximum absolute atomic E-state index is 6.06. The predicted molar refractivity (Wildman–Crippen MR) is 121 cm³/mol. The Morgan fingerprint density at radius 3 is 1.46 bits per heavy atom. The van der Waals surface area contributed by atoms with Gasteiger partial charge in [0.15, 0.2) is 0 Å². The average Bonchev–Trinajstić information content (AvgIpc) is 2.66. The quantitative estimate of drug-likeness (QED) is 0.186.